The Morgan fingerprint density at radius 2 is 1.49 bits per heavy atom. The summed E-state index contributed by atoms with van der Waals surface area (Å²) >= 11 is 3.52. The van der Waals surface area contributed by atoms with Crippen molar-refractivity contribution < 1.29 is 14.3 Å². The van der Waals surface area contributed by atoms with Crippen LogP contribution in [0, 0.1) is 0 Å². The Bertz CT molecular complexity index is 1290. The van der Waals surface area contributed by atoms with Crippen molar-refractivity contribution >= 4 is 39.1 Å². The first-order chi connectivity index (χ1) is 17.0. The molecule has 2 amide bonds. The molecule has 1 N–H and O–H groups in total. The molecule has 0 saturated carbocycles. The number of anilines is 2. The van der Waals surface area contributed by atoms with E-state index in [9.17, 15) is 9.59 Å². The third kappa shape index (κ3) is 6.16. The van der Waals surface area contributed by atoms with Crippen LogP contribution in [-0.2, 0) is 4.79 Å². The van der Waals surface area contributed by atoms with Gasteiger partial charge in [0, 0.05) is 23.5 Å². The Balaban J connectivity index is 1.34. The quantitative estimate of drug-likeness (QED) is 0.273. The van der Waals surface area contributed by atoms with E-state index in [1.165, 1.54) is 0 Å². The van der Waals surface area contributed by atoms with Gasteiger partial charge in [-0.05, 0) is 82.5 Å². The van der Waals surface area contributed by atoms with Gasteiger partial charge in [0.1, 0.15) is 5.75 Å². The van der Waals surface area contributed by atoms with E-state index in [1.807, 2.05) is 85.8 Å². The molecular formula is C29H25BrN2O3. The van der Waals surface area contributed by atoms with Gasteiger partial charge in [0.2, 0.25) is 0 Å². The second kappa shape index (κ2) is 11.5. The third-order valence-electron chi connectivity index (χ3n) is 5.44. The number of nitrogens with zero attached hydrogens (tertiary/aromatic N) is 1. The topological polar surface area (TPSA) is 58.6 Å². The van der Waals surface area contributed by atoms with Gasteiger partial charge in [0.15, 0.2) is 6.61 Å². The highest BCUT2D eigenvalue weighted by molar-refractivity contribution is 9.10. The van der Waals surface area contributed by atoms with E-state index >= 15 is 0 Å². The molecule has 4 aromatic carbocycles. The Morgan fingerprint density at radius 1 is 0.829 bits per heavy atom. The summed E-state index contributed by atoms with van der Waals surface area (Å²) in [6.07, 6.45) is 0. The second-order valence-corrected chi connectivity index (χ2v) is 8.66. The SMILES string of the molecule is CCN(C(=O)c1ccc(NC(=O)COc2ccc(-c3ccccc3)cc2Br)cc1)c1ccccc1. The molecule has 0 unspecified atom stereocenters. The van der Waals surface area contributed by atoms with E-state index in [2.05, 4.69) is 21.2 Å². The fourth-order valence-electron chi connectivity index (χ4n) is 3.67. The Kier molecular flexibility index (Phi) is 7.95. The predicted octanol–water partition coefficient (Wildman–Crippen LogP) is 6.80. The van der Waals surface area contributed by atoms with E-state index < -0.39 is 0 Å². The summed E-state index contributed by atoms with van der Waals surface area (Å²) in [5, 5.41) is 2.81. The molecular weight excluding hydrogens is 504 g/mol. The average Bonchev–Trinajstić information content (AvgIpc) is 2.90. The molecule has 0 spiro atoms. The number of carbonyl (C=O) groups is 2. The number of rotatable bonds is 8. The maximum Gasteiger partial charge on any atom is 0.262 e. The van der Waals surface area contributed by atoms with Crippen LogP contribution in [0.5, 0.6) is 5.75 Å². The minimum Gasteiger partial charge on any atom is -0.483 e. The van der Waals surface area contributed by atoms with Gasteiger partial charge >= 0.3 is 0 Å². The van der Waals surface area contributed by atoms with Crippen molar-refractivity contribution in [3.8, 4) is 16.9 Å². The van der Waals surface area contributed by atoms with Gasteiger partial charge in [-0.1, -0.05) is 54.6 Å². The van der Waals surface area contributed by atoms with Crippen LogP contribution >= 0.6 is 15.9 Å². The van der Waals surface area contributed by atoms with Crippen molar-refractivity contribution in [3.05, 3.63) is 113 Å². The molecule has 0 aliphatic heterocycles. The molecule has 176 valence electrons. The highest BCUT2D eigenvalue weighted by atomic mass is 79.9. The maximum atomic E-state index is 12.9. The number of benzene rings is 4. The van der Waals surface area contributed by atoms with E-state index in [-0.39, 0.29) is 18.4 Å². The lowest BCUT2D eigenvalue weighted by Crippen LogP contribution is -2.30. The average molecular weight is 529 g/mol. The molecule has 6 heteroatoms. The summed E-state index contributed by atoms with van der Waals surface area (Å²) in [4.78, 5) is 27.1. The third-order valence-corrected chi connectivity index (χ3v) is 6.06. The maximum absolute atomic E-state index is 12.9. The Morgan fingerprint density at radius 3 is 2.11 bits per heavy atom. The number of hydrogen-bond donors (Lipinski definition) is 1. The summed E-state index contributed by atoms with van der Waals surface area (Å²) in [5.74, 6) is 0.202. The van der Waals surface area contributed by atoms with Gasteiger partial charge in [0.05, 0.1) is 4.47 Å². The fraction of sp³-hybridized carbons (Fsp3) is 0.103. The highest BCUT2D eigenvalue weighted by Gasteiger charge is 2.16. The zero-order valence-electron chi connectivity index (χ0n) is 19.3. The lowest BCUT2D eigenvalue weighted by atomic mass is 10.1. The first-order valence-electron chi connectivity index (χ1n) is 11.3. The van der Waals surface area contributed by atoms with E-state index in [0.717, 1.165) is 21.3 Å². The Hall–Kier alpha value is -3.90. The zero-order chi connectivity index (χ0) is 24.6. The molecule has 0 aliphatic rings. The number of amides is 2. The number of carbonyl (C=O) groups excluding carboxylic acids is 2. The smallest absolute Gasteiger partial charge is 0.262 e. The van der Waals surface area contributed by atoms with Crippen LogP contribution in [0.15, 0.2) is 108 Å². The van der Waals surface area contributed by atoms with Crippen LogP contribution in [0.4, 0.5) is 11.4 Å². The predicted molar refractivity (Wildman–Crippen MR) is 144 cm³/mol. The number of hydrogen-bond acceptors (Lipinski definition) is 3. The van der Waals surface area contributed by atoms with Crippen LogP contribution in [-0.4, -0.2) is 25.0 Å². The molecule has 0 heterocycles. The minimum atomic E-state index is -0.289. The van der Waals surface area contributed by atoms with Crippen LogP contribution in [0.2, 0.25) is 0 Å². The Labute approximate surface area is 213 Å². The molecule has 4 aromatic rings. The van der Waals surface area contributed by atoms with Gasteiger partial charge in [0.25, 0.3) is 11.8 Å². The van der Waals surface area contributed by atoms with Crippen LogP contribution in [0.25, 0.3) is 11.1 Å². The standard InChI is InChI=1S/C29H25BrN2O3/c1-2-32(25-11-7-4-8-12-25)29(34)22-13-16-24(17-14-22)31-28(33)20-35-27-18-15-23(19-26(27)30)21-9-5-3-6-10-21/h3-19H,2,20H2,1H3,(H,31,33). The second-order valence-electron chi connectivity index (χ2n) is 7.81. The number of nitrogens with one attached hydrogen (secondary N) is 1. The summed E-state index contributed by atoms with van der Waals surface area (Å²) in [7, 11) is 0. The molecule has 0 aliphatic carbocycles. The van der Waals surface area contributed by atoms with Crippen molar-refractivity contribution in [3.63, 3.8) is 0 Å². The number of para-hydroxylation sites is 1. The molecule has 35 heavy (non-hydrogen) atoms. The molecule has 0 saturated heterocycles. The van der Waals surface area contributed by atoms with Crippen molar-refractivity contribution in [2.75, 3.05) is 23.4 Å². The van der Waals surface area contributed by atoms with E-state index in [0.29, 0.717) is 23.5 Å². The van der Waals surface area contributed by atoms with Crippen molar-refractivity contribution in [1.29, 1.82) is 0 Å². The molecule has 0 atom stereocenters. The van der Waals surface area contributed by atoms with E-state index in [1.54, 1.807) is 29.2 Å². The summed E-state index contributed by atoms with van der Waals surface area (Å²) in [5.41, 5.74) is 4.14. The summed E-state index contributed by atoms with van der Waals surface area (Å²) in [6, 6.07) is 32.2. The fourth-order valence-corrected chi connectivity index (χ4v) is 4.17. The number of halogens is 1. The molecule has 0 radical (unpaired) electrons. The zero-order valence-corrected chi connectivity index (χ0v) is 20.9. The van der Waals surface area contributed by atoms with Gasteiger partial charge in [-0.3, -0.25) is 9.59 Å². The van der Waals surface area contributed by atoms with Crippen molar-refractivity contribution in [2.45, 2.75) is 6.92 Å². The van der Waals surface area contributed by atoms with Gasteiger partial charge < -0.3 is 15.0 Å². The molecule has 0 aromatic heterocycles. The van der Waals surface area contributed by atoms with Gasteiger partial charge in [-0.2, -0.15) is 0 Å². The van der Waals surface area contributed by atoms with E-state index in [4.69, 9.17) is 4.74 Å². The van der Waals surface area contributed by atoms with Gasteiger partial charge in [-0.25, -0.2) is 0 Å². The normalized spacial score (nSPS) is 10.5. The van der Waals surface area contributed by atoms with Crippen LogP contribution in [0.3, 0.4) is 0 Å². The molecule has 5 nitrogen and oxygen atoms in total. The highest BCUT2D eigenvalue weighted by Crippen LogP contribution is 2.30. The van der Waals surface area contributed by atoms with Crippen LogP contribution in [0.1, 0.15) is 17.3 Å². The lowest BCUT2D eigenvalue weighted by molar-refractivity contribution is -0.118. The minimum absolute atomic E-state index is 0.0938. The largest absolute Gasteiger partial charge is 0.483 e. The number of ether oxygens (including phenoxy) is 1. The molecule has 4 rings (SSSR count). The van der Waals surface area contributed by atoms with Gasteiger partial charge in [-0.15, -0.1) is 0 Å². The monoisotopic (exact) mass is 528 g/mol. The molecule has 0 bridgehead atoms. The summed E-state index contributed by atoms with van der Waals surface area (Å²) in [6.45, 7) is 2.36. The van der Waals surface area contributed by atoms with Crippen LogP contribution < -0.4 is 15.0 Å². The van der Waals surface area contributed by atoms with Crippen molar-refractivity contribution in [2.24, 2.45) is 0 Å². The molecule has 0 fully saturated rings. The lowest BCUT2D eigenvalue weighted by Gasteiger charge is -2.21. The first-order valence-corrected chi connectivity index (χ1v) is 12.1. The summed E-state index contributed by atoms with van der Waals surface area (Å²) < 4.78 is 6.47. The van der Waals surface area contributed by atoms with Crippen molar-refractivity contribution in [1.82, 2.24) is 0 Å². The first kappa shape index (κ1) is 24.2.